The fourth-order valence-electron chi connectivity index (χ4n) is 2.77. The lowest BCUT2D eigenvalue weighted by Gasteiger charge is -2.09. The summed E-state index contributed by atoms with van der Waals surface area (Å²) in [4.78, 5) is 32.2. The Morgan fingerprint density at radius 3 is 2.83 bits per heavy atom. The first-order valence-corrected chi connectivity index (χ1v) is 9.78. The SMILES string of the molecule is CCOC(=O)Nc1ccc2c(CSc3nc(C)nc(C)c3C#N)cc(=O)oc2c1. The van der Waals surface area contributed by atoms with Crippen LogP contribution in [-0.2, 0) is 10.5 Å². The first-order chi connectivity index (χ1) is 13.9. The summed E-state index contributed by atoms with van der Waals surface area (Å²) in [6, 6.07) is 8.58. The number of ether oxygens (including phenoxy) is 1. The van der Waals surface area contributed by atoms with Gasteiger partial charge in [-0.3, -0.25) is 5.32 Å². The molecule has 9 heteroatoms. The molecule has 148 valence electrons. The molecule has 0 aliphatic carbocycles. The van der Waals surface area contributed by atoms with Crippen LogP contribution in [0.2, 0.25) is 0 Å². The number of nitrogens with one attached hydrogen (secondary N) is 1. The second-order valence-electron chi connectivity index (χ2n) is 6.08. The van der Waals surface area contributed by atoms with Gasteiger partial charge in [0.2, 0.25) is 0 Å². The maximum absolute atomic E-state index is 12.0. The van der Waals surface area contributed by atoms with Gasteiger partial charge in [-0.05, 0) is 38.5 Å². The number of amides is 1. The van der Waals surface area contributed by atoms with Crippen molar-refractivity contribution in [1.29, 1.82) is 5.26 Å². The molecular weight excluding hydrogens is 392 g/mol. The number of hydrogen-bond donors (Lipinski definition) is 1. The summed E-state index contributed by atoms with van der Waals surface area (Å²) >= 11 is 1.35. The lowest BCUT2D eigenvalue weighted by molar-refractivity contribution is 0.168. The molecule has 0 saturated heterocycles. The Morgan fingerprint density at radius 1 is 1.31 bits per heavy atom. The summed E-state index contributed by atoms with van der Waals surface area (Å²) in [6.07, 6.45) is -0.584. The van der Waals surface area contributed by atoms with E-state index in [1.807, 2.05) is 0 Å². The average Bonchev–Trinajstić information content (AvgIpc) is 2.65. The number of benzene rings is 1. The summed E-state index contributed by atoms with van der Waals surface area (Å²) in [5.41, 5.74) is 2.08. The van der Waals surface area contributed by atoms with E-state index in [1.165, 1.54) is 17.8 Å². The van der Waals surface area contributed by atoms with E-state index in [0.29, 0.717) is 39.1 Å². The standard InChI is InChI=1S/C20H18N4O4S/c1-4-27-20(26)24-14-5-6-15-13(7-18(25)28-17(15)8-14)10-29-19-16(9-21)11(2)22-12(3)23-19/h5-8H,4,10H2,1-3H3,(H,24,26). The van der Waals surface area contributed by atoms with Gasteiger partial charge in [-0.25, -0.2) is 19.6 Å². The van der Waals surface area contributed by atoms with E-state index < -0.39 is 11.7 Å². The van der Waals surface area contributed by atoms with Crippen LogP contribution in [0.3, 0.4) is 0 Å². The molecule has 29 heavy (non-hydrogen) atoms. The van der Waals surface area contributed by atoms with Crippen molar-refractivity contribution < 1.29 is 13.9 Å². The second kappa shape index (κ2) is 8.75. The van der Waals surface area contributed by atoms with Crippen molar-refractivity contribution >= 4 is 34.5 Å². The Labute approximate surface area is 170 Å². The van der Waals surface area contributed by atoms with E-state index in [2.05, 4.69) is 21.4 Å². The quantitative estimate of drug-likeness (QED) is 0.382. The van der Waals surface area contributed by atoms with Crippen LogP contribution in [0.25, 0.3) is 11.0 Å². The molecule has 0 aliphatic rings. The molecule has 3 rings (SSSR count). The molecule has 2 heterocycles. The number of thioether (sulfide) groups is 1. The zero-order valence-electron chi connectivity index (χ0n) is 16.1. The number of carbonyl (C=O) groups is 1. The molecule has 0 fully saturated rings. The van der Waals surface area contributed by atoms with Crippen LogP contribution in [0.15, 0.2) is 38.5 Å². The molecule has 0 bridgehead atoms. The third-order valence-electron chi connectivity index (χ3n) is 4.00. The van der Waals surface area contributed by atoms with Gasteiger partial charge in [0.25, 0.3) is 0 Å². The highest BCUT2D eigenvalue weighted by molar-refractivity contribution is 7.98. The normalized spacial score (nSPS) is 10.6. The molecule has 0 saturated carbocycles. The maximum atomic E-state index is 12.0. The average molecular weight is 410 g/mol. The number of aryl methyl sites for hydroxylation is 2. The van der Waals surface area contributed by atoms with Gasteiger partial charge in [0, 0.05) is 29.0 Å². The van der Waals surface area contributed by atoms with Crippen LogP contribution < -0.4 is 10.9 Å². The highest BCUT2D eigenvalue weighted by Gasteiger charge is 2.13. The van der Waals surface area contributed by atoms with Crippen molar-refractivity contribution in [2.24, 2.45) is 0 Å². The molecule has 2 aromatic heterocycles. The van der Waals surface area contributed by atoms with Gasteiger partial charge in [-0.2, -0.15) is 5.26 Å². The fourth-order valence-corrected chi connectivity index (χ4v) is 3.84. The molecule has 3 aromatic rings. The van der Waals surface area contributed by atoms with E-state index in [9.17, 15) is 14.9 Å². The molecule has 1 aromatic carbocycles. The molecule has 1 amide bonds. The Morgan fingerprint density at radius 2 is 2.10 bits per heavy atom. The minimum Gasteiger partial charge on any atom is -0.450 e. The van der Waals surface area contributed by atoms with Crippen molar-refractivity contribution in [3.63, 3.8) is 0 Å². The van der Waals surface area contributed by atoms with Crippen LogP contribution in [0, 0.1) is 25.2 Å². The first-order valence-electron chi connectivity index (χ1n) is 8.80. The van der Waals surface area contributed by atoms with Gasteiger partial charge >= 0.3 is 11.7 Å². The minimum absolute atomic E-state index is 0.253. The Bertz CT molecular complexity index is 1180. The van der Waals surface area contributed by atoms with Crippen LogP contribution in [0.1, 0.15) is 29.6 Å². The van der Waals surface area contributed by atoms with Gasteiger partial charge in [0.05, 0.1) is 12.3 Å². The molecule has 0 aliphatic heterocycles. The van der Waals surface area contributed by atoms with Crippen LogP contribution in [0.4, 0.5) is 10.5 Å². The van der Waals surface area contributed by atoms with Crippen molar-refractivity contribution in [1.82, 2.24) is 9.97 Å². The van der Waals surface area contributed by atoms with Gasteiger partial charge in [-0.15, -0.1) is 11.8 Å². The lowest BCUT2D eigenvalue weighted by atomic mass is 10.1. The van der Waals surface area contributed by atoms with Crippen molar-refractivity contribution in [2.75, 3.05) is 11.9 Å². The van der Waals surface area contributed by atoms with Crippen LogP contribution >= 0.6 is 11.8 Å². The van der Waals surface area contributed by atoms with E-state index in [-0.39, 0.29) is 6.61 Å². The van der Waals surface area contributed by atoms with Crippen molar-refractivity contribution in [2.45, 2.75) is 31.6 Å². The van der Waals surface area contributed by atoms with Gasteiger partial charge in [0.15, 0.2) is 0 Å². The smallest absolute Gasteiger partial charge is 0.411 e. The number of nitriles is 1. The number of rotatable bonds is 5. The van der Waals surface area contributed by atoms with E-state index in [0.717, 1.165) is 10.9 Å². The Kier molecular flexibility index (Phi) is 6.14. The molecule has 0 atom stereocenters. The third-order valence-corrected chi connectivity index (χ3v) is 5.02. The van der Waals surface area contributed by atoms with E-state index >= 15 is 0 Å². The highest BCUT2D eigenvalue weighted by Crippen LogP contribution is 2.29. The second-order valence-corrected chi connectivity index (χ2v) is 7.05. The van der Waals surface area contributed by atoms with Gasteiger partial charge in [0.1, 0.15) is 28.1 Å². The molecular formula is C20H18N4O4S. The monoisotopic (exact) mass is 410 g/mol. The predicted molar refractivity (Wildman–Crippen MR) is 109 cm³/mol. The number of nitrogens with zero attached hydrogens (tertiary/aromatic N) is 3. The summed E-state index contributed by atoms with van der Waals surface area (Å²) in [5, 5.41) is 13.3. The number of aromatic nitrogens is 2. The third kappa shape index (κ3) is 4.73. The summed E-state index contributed by atoms with van der Waals surface area (Å²) < 4.78 is 10.1. The number of hydrogen-bond acceptors (Lipinski definition) is 8. The van der Waals surface area contributed by atoms with Crippen molar-refractivity contribution in [3.05, 3.63) is 57.3 Å². The van der Waals surface area contributed by atoms with E-state index in [4.69, 9.17) is 9.15 Å². The van der Waals surface area contributed by atoms with Gasteiger partial charge < -0.3 is 9.15 Å². The molecule has 8 nitrogen and oxygen atoms in total. The van der Waals surface area contributed by atoms with Crippen LogP contribution in [-0.4, -0.2) is 22.7 Å². The largest absolute Gasteiger partial charge is 0.450 e. The topological polar surface area (TPSA) is 118 Å². The lowest BCUT2D eigenvalue weighted by Crippen LogP contribution is -2.13. The zero-order valence-corrected chi connectivity index (χ0v) is 16.9. The molecule has 1 N–H and O–H groups in total. The van der Waals surface area contributed by atoms with E-state index in [1.54, 1.807) is 39.0 Å². The number of carbonyl (C=O) groups excluding carboxylic acids is 1. The molecule has 0 radical (unpaired) electrons. The zero-order chi connectivity index (χ0) is 21.0. The fraction of sp³-hybridized carbons (Fsp3) is 0.250. The minimum atomic E-state index is -0.584. The summed E-state index contributed by atoms with van der Waals surface area (Å²) in [7, 11) is 0. The Balaban J connectivity index is 1.92. The van der Waals surface area contributed by atoms with Crippen LogP contribution in [0.5, 0.6) is 0 Å². The number of fused-ring (bicyclic) bond motifs is 1. The summed E-state index contributed by atoms with van der Waals surface area (Å²) in [6.45, 7) is 5.49. The Hall–Kier alpha value is -3.38. The predicted octanol–water partition coefficient (Wildman–Crippen LogP) is 3.93. The van der Waals surface area contributed by atoms with Crippen molar-refractivity contribution in [3.8, 4) is 6.07 Å². The summed E-state index contributed by atoms with van der Waals surface area (Å²) in [5.74, 6) is 0.994. The van der Waals surface area contributed by atoms with Gasteiger partial charge in [-0.1, -0.05) is 0 Å². The molecule has 0 spiro atoms. The maximum Gasteiger partial charge on any atom is 0.411 e. The highest BCUT2D eigenvalue weighted by atomic mass is 32.2. The number of anilines is 1. The molecule has 0 unspecified atom stereocenters. The first kappa shape index (κ1) is 20.4.